The lowest BCUT2D eigenvalue weighted by molar-refractivity contribution is -0.133. The van der Waals surface area contributed by atoms with Gasteiger partial charge in [-0.1, -0.05) is 25.5 Å². The Balaban J connectivity index is 1.89. The van der Waals surface area contributed by atoms with Crippen LogP contribution in [-0.2, 0) is 24.3 Å². The third-order valence-electron chi connectivity index (χ3n) is 8.28. The number of likely N-dealkylation sites (tertiary alicyclic amines) is 1. The van der Waals surface area contributed by atoms with Crippen LogP contribution in [0.15, 0.2) is 29.3 Å². The monoisotopic (exact) mass is 564 g/mol. The van der Waals surface area contributed by atoms with Crippen LogP contribution >= 0.6 is 10.8 Å². The standard InChI is InChI=1S/C28H44N4O4S2/c1-8-27(12-14-31(15-13-27)23(5)34)30(6)28(9-2,20-36-7)19-32(18-22(4)33)38(35)37-26-17-24-16-21(3)10-11-25(24)29-26/h10-11,16-17,29H,8-9,12-15,18-20H2,1-7H3. The molecule has 3 rings (SSSR count). The number of H-pyrrole nitrogens is 1. The first-order valence-corrected chi connectivity index (χ1v) is 15.9. The number of amides is 1. The number of likely N-dealkylation sites (N-methyl/N-ethyl adjacent to an activating group) is 1. The number of hydrogen-bond donors (Lipinski definition) is 1. The van der Waals surface area contributed by atoms with Gasteiger partial charge in [0.05, 0.1) is 23.7 Å². The van der Waals surface area contributed by atoms with Crippen molar-refractivity contribution in [2.75, 3.05) is 46.9 Å². The number of aromatic nitrogens is 1. The molecule has 1 fully saturated rings. The second-order valence-corrected chi connectivity index (χ2v) is 13.6. The molecule has 0 saturated carbocycles. The van der Waals surface area contributed by atoms with Crippen molar-refractivity contribution in [2.45, 2.75) is 76.4 Å². The first-order chi connectivity index (χ1) is 18.0. The summed E-state index contributed by atoms with van der Waals surface area (Å²) in [4.78, 5) is 32.0. The Morgan fingerprint density at radius 1 is 1.21 bits per heavy atom. The Bertz CT molecular complexity index is 1150. The van der Waals surface area contributed by atoms with Gasteiger partial charge < -0.3 is 14.6 Å². The molecule has 2 aromatic rings. The molecule has 1 aromatic carbocycles. The average molecular weight is 565 g/mol. The number of aryl methyl sites for hydroxylation is 1. The highest BCUT2D eigenvalue weighted by molar-refractivity contribution is 8.68. The summed E-state index contributed by atoms with van der Waals surface area (Å²) in [5.41, 5.74) is 1.58. The van der Waals surface area contributed by atoms with Crippen molar-refractivity contribution >= 4 is 43.4 Å². The van der Waals surface area contributed by atoms with Crippen molar-refractivity contribution in [3.63, 3.8) is 0 Å². The number of methoxy groups -OCH3 is 1. The number of nitrogens with one attached hydrogen (secondary N) is 1. The molecule has 1 amide bonds. The fraction of sp³-hybridized carbons (Fsp3) is 0.643. The van der Waals surface area contributed by atoms with Crippen molar-refractivity contribution in [1.29, 1.82) is 0 Å². The van der Waals surface area contributed by atoms with Crippen molar-refractivity contribution in [3.8, 4) is 0 Å². The van der Waals surface area contributed by atoms with E-state index in [1.165, 1.54) is 16.4 Å². The number of aromatic amines is 1. The smallest absolute Gasteiger partial charge is 0.219 e. The topological polar surface area (TPSA) is 85.9 Å². The normalized spacial score (nSPS) is 18.2. The highest BCUT2D eigenvalue weighted by atomic mass is 33.1. The van der Waals surface area contributed by atoms with Crippen LogP contribution in [0.2, 0.25) is 0 Å². The number of carbonyl (C=O) groups excluding carboxylic acids is 2. The molecule has 1 saturated heterocycles. The Hall–Kier alpha value is -1.72. The van der Waals surface area contributed by atoms with Crippen molar-refractivity contribution in [2.24, 2.45) is 0 Å². The molecule has 0 spiro atoms. The van der Waals surface area contributed by atoms with Crippen LogP contribution in [0.25, 0.3) is 10.9 Å². The van der Waals surface area contributed by atoms with E-state index in [1.54, 1.807) is 25.3 Å². The fourth-order valence-corrected chi connectivity index (χ4v) is 8.35. The first kappa shape index (κ1) is 30.8. The molecule has 38 heavy (non-hydrogen) atoms. The van der Waals surface area contributed by atoms with Crippen LogP contribution < -0.4 is 0 Å². The molecule has 1 aliphatic heterocycles. The van der Waals surface area contributed by atoms with E-state index in [4.69, 9.17) is 4.74 Å². The summed E-state index contributed by atoms with van der Waals surface area (Å²) in [5, 5.41) is 1.88. The van der Waals surface area contributed by atoms with Crippen LogP contribution in [0.5, 0.6) is 0 Å². The lowest BCUT2D eigenvalue weighted by Crippen LogP contribution is -2.67. The number of ketones is 1. The summed E-state index contributed by atoms with van der Waals surface area (Å²) in [7, 11) is 3.57. The summed E-state index contributed by atoms with van der Waals surface area (Å²) in [5.74, 6) is 0.0828. The van der Waals surface area contributed by atoms with E-state index in [-0.39, 0.29) is 23.8 Å². The minimum atomic E-state index is -1.50. The van der Waals surface area contributed by atoms with E-state index >= 15 is 0 Å². The lowest BCUT2D eigenvalue weighted by Gasteiger charge is -2.55. The molecule has 8 nitrogen and oxygen atoms in total. The number of carbonyl (C=O) groups is 2. The van der Waals surface area contributed by atoms with Gasteiger partial charge in [0.2, 0.25) is 5.91 Å². The highest BCUT2D eigenvalue weighted by Gasteiger charge is 2.47. The highest BCUT2D eigenvalue weighted by Crippen LogP contribution is 2.39. The maximum Gasteiger partial charge on any atom is 0.219 e. The molecule has 2 heterocycles. The van der Waals surface area contributed by atoms with E-state index in [2.05, 4.69) is 43.8 Å². The van der Waals surface area contributed by atoms with Gasteiger partial charge in [0.25, 0.3) is 0 Å². The number of Topliss-reactive ketones (excluding diaryl/α,β-unsaturated/α-hetero) is 1. The largest absolute Gasteiger partial charge is 0.383 e. The third-order valence-corrected chi connectivity index (χ3v) is 11.1. The van der Waals surface area contributed by atoms with E-state index in [9.17, 15) is 13.8 Å². The number of benzene rings is 1. The summed E-state index contributed by atoms with van der Waals surface area (Å²) >= 11 is 0. The number of piperidine rings is 1. The number of rotatable bonds is 13. The molecule has 10 heteroatoms. The second kappa shape index (κ2) is 13.1. The number of nitrogens with zero attached hydrogens (tertiary/aromatic N) is 3. The summed E-state index contributed by atoms with van der Waals surface area (Å²) < 4.78 is 21.4. The molecule has 1 aliphatic rings. The second-order valence-electron chi connectivity index (χ2n) is 10.7. The quantitative estimate of drug-likeness (QED) is 0.359. The van der Waals surface area contributed by atoms with Gasteiger partial charge in [-0.05, 0) is 64.8 Å². The molecule has 212 valence electrons. The molecule has 2 unspecified atom stereocenters. The maximum atomic E-state index is 13.8. The van der Waals surface area contributed by atoms with Gasteiger partial charge in [-0.2, -0.15) is 0 Å². The van der Waals surface area contributed by atoms with E-state index < -0.39 is 15.6 Å². The van der Waals surface area contributed by atoms with E-state index in [1.807, 2.05) is 23.1 Å². The summed E-state index contributed by atoms with van der Waals surface area (Å²) in [6.45, 7) is 12.0. The third kappa shape index (κ3) is 6.88. The molecule has 1 aromatic heterocycles. The van der Waals surface area contributed by atoms with Crippen LogP contribution in [0.1, 0.15) is 58.9 Å². The number of fused-ring (bicyclic) bond motifs is 1. The summed E-state index contributed by atoms with van der Waals surface area (Å²) in [6.07, 6.45) is 3.42. The molecule has 0 aliphatic carbocycles. The minimum absolute atomic E-state index is 0.0312. The first-order valence-electron chi connectivity index (χ1n) is 13.4. The van der Waals surface area contributed by atoms with Crippen LogP contribution in [0, 0.1) is 6.92 Å². The predicted octanol–water partition coefficient (Wildman–Crippen LogP) is 4.56. The van der Waals surface area contributed by atoms with Gasteiger partial charge in [-0.25, -0.2) is 8.51 Å². The Kier molecular flexibility index (Phi) is 10.6. The average Bonchev–Trinajstić information content (AvgIpc) is 3.28. The van der Waals surface area contributed by atoms with Crippen LogP contribution in [0.4, 0.5) is 0 Å². The van der Waals surface area contributed by atoms with Crippen molar-refractivity contribution < 1.29 is 18.5 Å². The molecule has 0 radical (unpaired) electrons. The molecular formula is C28H44N4O4S2. The predicted molar refractivity (Wildman–Crippen MR) is 156 cm³/mol. The van der Waals surface area contributed by atoms with Gasteiger partial charge in [0.15, 0.2) is 10.0 Å². The fourth-order valence-electron chi connectivity index (χ4n) is 5.77. The molecule has 0 bridgehead atoms. The minimum Gasteiger partial charge on any atom is -0.383 e. The van der Waals surface area contributed by atoms with Crippen LogP contribution in [0.3, 0.4) is 0 Å². The van der Waals surface area contributed by atoms with Gasteiger partial charge in [-0.15, -0.1) is 0 Å². The number of ether oxygens (including phenoxy) is 1. The SMILES string of the molecule is CCC1(N(C)C(CC)(COC)CN(CC(C)=O)S(=O)Sc2cc3cc(C)ccc3[nH]2)CCN(C(C)=O)CC1. The molecule has 1 N–H and O–H groups in total. The van der Waals surface area contributed by atoms with Gasteiger partial charge >= 0.3 is 0 Å². The Labute approximate surface area is 233 Å². The Morgan fingerprint density at radius 2 is 1.89 bits per heavy atom. The number of hydrogen-bond acceptors (Lipinski definition) is 6. The Morgan fingerprint density at radius 3 is 2.45 bits per heavy atom. The van der Waals surface area contributed by atoms with E-state index in [0.717, 1.165) is 54.7 Å². The van der Waals surface area contributed by atoms with E-state index in [0.29, 0.717) is 13.2 Å². The molecular weight excluding hydrogens is 520 g/mol. The van der Waals surface area contributed by atoms with Gasteiger partial charge in [0.1, 0.15) is 5.78 Å². The summed E-state index contributed by atoms with van der Waals surface area (Å²) in [6, 6.07) is 8.19. The zero-order valence-corrected chi connectivity index (χ0v) is 25.6. The lowest BCUT2D eigenvalue weighted by atomic mass is 9.78. The van der Waals surface area contributed by atoms with Crippen molar-refractivity contribution in [1.82, 2.24) is 19.1 Å². The zero-order chi connectivity index (χ0) is 28.1. The molecule has 2 atom stereocenters. The van der Waals surface area contributed by atoms with Gasteiger partial charge in [0, 0.05) is 60.9 Å². The van der Waals surface area contributed by atoms with Gasteiger partial charge in [-0.3, -0.25) is 14.5 Å². The van der Waals surface area contributed by atoms with Crippen LogP contribution in [-0.4, -0.2) is 93.0 Å². The maximum absolute atomic E-state index is 13.8. The van der Waals surface area contributed by atoms with Crippen molar-refractivity contribution in [3.05, 3.63) is 29.8 Å². The zero-order valence-electron chi connectivity index (χ0n) is 24.0.